The molecule has 1 aromatic heterocycles. The molecule has 0 saturated carbocycles. The molecule has 0 radical (unpaired) electrons. The molecule has 0 atom stereocenters. The predicted molar refractivity (Wildman–Crippen MR) is 126 cm³/mol. The smallest absolute Gasteiger partial charge is 0.421 e. The van der Waals surface area contributed by atoms with Crippen molar-refractivity contribution in [2.24, 2.45) is 0 Å². The molecular formula is C25H33N3O4. The van der Waals surface area contributed by atoms with Crippen LogP contribution in [-0.2, 0) is 27.2 Å². The van der Waals surface area contributed by atoms with Gasteiger partial charge in [-0.1, -0.05) is 12.6 Å². The maximum atomic E-state index is 13.4. The van der Waals surface area contributed by atoms with Crippen LogP contribution in [0.2, 0.25) is 0 Å². The van der Waals surface area contributed by atoms with E-state index in [0.717, 1.165) is 22.4 Å². The van der Waals surface area contributed by atoms with Gasteiger partial charge in [-0.2, -0.15) is 5.10 Å². The Morgan fingerprint density at radius 3 is 2.31 bits per heavy atom. The third-order valence-electron chi connectivity index (χ3n) is 4.87. The van der Waals surface area contributed by atoms with Gasteiger partial charge in [-0.3, -0.25) is 4.68 Å². The highest BCUT2D eigenvalue weighted by Gasteiger charge is 2.33. The molecule has 2 aromatic rings. The molecule has 0 aliphatic carbocycles. The van der Waals surface area contributed by atoms with Gasteiger partial charge in [-0.05, 0) is 72.2 Å². The summed E-state index contributed by atoms with van der Waals surface area (Å²) in [5.41, 5.74) is 3.08. The Bertz CT molecular complexity index is 1030. The largest absolute Gasteiger partial charge is 0.497 e. The number of aromatic nitrogens is 2. The number of carbonyl (C=O) groups is 1. The van der Waals surface area contributed by atoms with Crippen molar-refractivity contribution in [1.29, 1.82) is 0 Å². The molecule has 172 valence electrons. The fourth-order valence-corrected chi connectivity index (χ4v) is 3.73. The number of fused-ring (bicyclic) bond motifs is 3. The minimum Gasteiger partial charge on any atom is -0.497 e. The topological polar surface area (TPSA) is 65.8 Å². The average molecular weight is 440 g/mol. The minimum absolute atomic E-state index is 0.165. The summed E-state index contributed by atoms with van der Waals surface area (Å²) in [5.74, 6) is 0.611. The Kier molecular flexibility index (Phi) is 6.13. The van der Waals surface area contributed by atoms with Crippen LogP contribution in [-0.4, -0.2) is 34.2 Å². The van der Waals surface area contributed by atoms with Crippen LogP contribution >= 0.6 is 0 Å². The van der Waals surface area contributed by atoms with Crippen molar-refractivity contribution in [1.82, 2.24) is 9.78 Å². The van der Waals surface area contributed by atoms with Gasteiger partial charge in [0.2, 0.25) is 0 Å². The number of amides is 1. The number of methoxy groups -OCH3 is 1. The van der Waals surface area contributed by atoms with E-state index in [2.05, 4.69) is 18.3 Å². The third kappa shape index (κ3) is 4.82. The number of carbonyl (C=O) groups excluding carboxylic acids is 1. The van der Waals surface area contributed by atoms with Crippen molar-refractivity contribution in [2.45, 2.75) is 65.7 Å². The second kappa shape index (κ2) is 8.37. The first-order valence-electron chi connectivity index (χ1n) is 10.6. The summed E-state index contributed by atoms with van der Waals surface area (Å²) in [6.45, 7) is 20.0. The minimum atomic E-state index is -0.698. The van der Waals surface area contributed by atoms with Crippen LogP contribution in [0.1, 0.15) is 52.7 Å². The number of ether oxygens (including phenoxy) is 3. The third-order valence-corrected chi connectivity index (χ3v) is 4.87. The normalized spacial score (nSPS) is 13.0. The number of anilines is 1. The molecule has 2 heterocycles. The van der Waals surface area contributed by atoms with Gasteiger partial charge in [0.05, 0.1) is 18.5 Å². The van der Waals surface area contributed by atoms with Crippen molar-refractivity contribution in [3.05, 3.63) is 54.6 Å². The van der Waals surface area contributed by atoms with E-state index in [9.17, 15) is 4.79 Å². The van der Waals surface area contributed by atoms with Gasteiger partial charge in [0.25, 0.3) is 0 Å². The van der Waals surface area contributed by atoms with Gasteiger partial charge in [0.1, 0.15) is 17.0 Å². The quantitative estimate of drug-likeness (QED) is 0.555. The molecule has 0 spiro atoms. The SMILES string of the molecule is C=C(OC)c1c(N(C(=C)OC(C)(C)C)C(=O)OC(C)(C)C)ccc2c1CCn1nccc1-2. The van der Waals surface area contributed by atoms with Crippen LogP contribution in [0.15, 0.2) is 43.4 Å². The highest BCUT2D eigenvalue weighted by atomic mass is 16.6. The number of rotatable bonds is 5. The Balaban J connectivity index is 2.21. The van der Waals surface area contributed by atoms with E-state index >= 15 is 0 Å². The number of hydrogen-bond acceptors (Lipinski definition) is 5. The monoisotopic (exact) mass is 439 g/mol. The van der Waals surface area contributed by atoms with E-state index in [1.165, 1.54) is 4.90 Å². The van der Waals surface area contributed by atoms with Gasteiger partial charge in [0, 0.05) is 23.9 Å². The van der Waals surface area contributed by atoms with Crippen LogP contribution in [0.5, 0.6) is 0 Å². The van der Waals surface area contributed by atoms with E-state index < -0.39 is 17.3 Å². The molecule has 1 aromatic carbocycles. The summed E-state index contributed by atoms with van der Waals surface area (Å²) in [5, 5.41) is 4.39. The number of aryl methyl sites for hydroxylation is 1. The summed E-state index contributed by atoms with van der Waals surface area (Å²) in [6.07, 6.45) is 1.91. The van der Waals surface area contributed by atoms with Crippen molar-refractivity contribution < 1.29 is 19.0 Å². The van der Waals surface area contributed by atoms with Crippen LogP contribution in [0, 0.1) is 0 Å². The van der Waals surface area contributed by atoms with Crippen LogP contribution in [0.3, 0.4) is 0 Å². The zero-order chi connectivity index (χ0) is 23.8. The Labute approximate surface area is 190 Å². The number of benzene rings is 1. The molecule has 0 unspecified atom stereocenters. The van der Waals surface area contributed by atoms with Gasteiger partial charge in [0.15, 0.2) is 5.88 Å². The van der Waals surface area contributed by atoms with Gasteiger partial charge in [-0.25, -0.2) is 9.69 Å². The molecular weight excluding hydrogens is 406 g/mol. The van der Waals surface area contributed by atoms with Gasteiger partial charge < -0.3 is 14.2 Å². The molecule has 0 bridgehead atoms. The Hall–Kier alpha value is -3.22. The summed E-state index contributed by atoms with van der Waals surface area (Å²) < 4.78 is 19.2. The molecule has 1 aliphatic rings. The van der Waals surface area contributed by atoms with E-state index in [1.807, 2.05) is 64.4 Å². The maximum absolute atomic E-state index is 13.4. The first kappa shape index (κ1) is 23.4. The highest BCUT2D eigenvalue weighted by Crippen LogP contribution is 2.41. The number of hydrogen-bond donors (Lipinski definition) is 0. The molecule has 0 fully saturated rings. The fraction of sp³-hybridized carbons (Fsp3) is 0.440. The van der Waals surface area contributed by atoms with Gasteiger partial charge >= 0.3 is 6.09 Å². The molecule has 7 heteroatoms. The fourth-order valence-electron chi connectivity index (χ4n) is 3.73. The molecule has 7 nitrogen and oxygen atoms in total. The average Bonchev–Trinajstić information content (AvgIpc) is 3.13. The lowest BCUT2D eigenvalue weighted by Gasteiger charge is -2.34. The zero-order valence-corrected chi connectivity index (χ0v) is 20.1. The summed E-state index contributed by atoms with van der Waals surface area (Å²) >= 11 is 0. The van der Waals surface area contributed by atoms with Crippen LogP contribution < -0.4 is 4.90 Å². The lowest BCUT2D eigenvalue weighted by molar-refractivity contribution is 0.0347. The van der Waals surface area contributed by atoms with E-state index in [0.29, 0.717) is 24.4 Å². The van der Waals surface area contributed by atoms with E-state index in [-0.39, 0.29) is 5.88 Å². The summed E-state index contributed by atoms with van der Waals surface area (Å²) in [4.78, 5) is 14.7. The molecule has 3 rings (SSSR count). The summed E-state index contributed by atoms with van der Waals surface area (Å²) in [7, 11) is 1.57. The maximum Gasteiger partial charge on any atom is 0.421 e. The van der Waals surface area contributed by atoms with Crippen molar-refractivity contribution >= 4 is 17.5 Å². The molecule has 0 N–H and O–H groups in total. The van der Waals surface area contributed by atoms with Crippen molar-refractivity contribution in [3.63, 3.8) is 0 Å². The van der Waals surface area contributed by atoms with Crippen LogP contribution in [0.4, 0.5) is 10.5 Å². The first-order chi connectivity index (χ1) is 14.8. The molecule has 1 aliphatic heterocycles. The zero-order valence-electron chi connectivity index (χ0n) is 20.1. The summed E-state index contributed by atoms with van der Waals surface area (Å²) in [6, 6.07) is 5.80. The van der Waals surface area contributed by atoms with Crippen molar-refractivity contribution in [2.75, 3.05) is 12.0 Å². The van der Waals surface area contributed by atoms with Crippen LogP contribution in [0.25, 0.3) is 17.0 Å². The lowest BCUT2D eigenvalue weighted by Crippen LogP contribution is -2.39. The van der Waals surface area contributed by atoms with Crippen molar-refractivity contribution in [3.8, 4) is 11.3 Å². The molecule has 32 heavy (non-hydrogen) atoms. The van der Waals surface area contributed by atoms with E-state index in [1.54, 1.807) is 13.3 Å². The second-order valence-electron chi connectivity index (χ2n) is 9.73. The van der Waals surface area contributed by atoms with Gasteiger partial charge in [-0.15, -0.1) is 0 Å². The Morgan fingerprint density at radius 1 is 1.06 bits per heavy atom. The lowest BCUT2D eigenvalue weighted by atomic mass is 9.91. The molecule has 0 saturated heterocycles. The Morgan fingerprint density at radius 2 is 1.72 bits per heavy atom. The second-order valence-corrected chi connectivity index (χ2v) is 9.73. The first-order valence-corrected chi connectivity index (χ1v) is 10.6. The van der Waals surface area contributed by atoms with E-state index in [4.69, 9.17) is 14.2 Å². The molecule has 1 amide bonds. The standard InChI is InChI=1S/C25H33N3O4/c1-16(30-9)22-19-13-15-27-20(12-14-26-27)18(19)10-11-21(22)28(17(2)31-24(3,4)5)23(29)32-25(6,7)8/h10-12,14H,1-2,13,15H2,3-9H3. The predicted octanol–water partition coefficient (Wildman–Crippen LogP) is 5.75. The highest BCUT2D eigenvalue weighted by molar-refractivity contribution is 5.96. The number of nitrogens with zero attached hydrogens (tertiary/aromatic N) is 3.